The number of phenolic OH excluding ortho intramolecular Hbond substituents is 2. The molecule has 0 bridgehead atoms. The third-order valence-corrected chi connectivity index (χ3v) is 5.04. The Balaban J connectivity index is 1.94. The quantitative estimate of drug-likeness (QED) is 0.142. The molecule has 0 radical (unpaired) electrons. The average molecular weight is 487 g/mol. The van der Waals surface area contributed by atoms with Crippen molar-refractivity contribution >= 4 is 23.6 Å². The summed E-state index contributed by atoms with van der Waals surface area (Å²) in [6.07, 6.45) is 5.60. The number of carbonyl (C=O) groups excluding carboxylic acids is 1. The molecule has 0 saturated heterocycles. The van der Waals surface area contributed by atoms with Crippen molar-refractivity contribution in [1.82, 2.24) is 0 Å². The summed E-state index contributed by atoms with van der Waals surface area (Å²) in [6.45, 7) is 1.94. The molecule has 0 aliphatic carbocycles. The maximum absolute atomic E-state index is 13.0. The van der Waals surface area contributed by atoms with Crippen LogP contribution in [0.1, 0.15) is 16.7 Å². The summed E-state index contributed by atoms with van der Waals surface area (Å²) < 4.78 is 10.2. The van der Waals surface area contributed by atoms with Gasteiger partial charge in [0.05, 0.1) is 19.9 Å². The number of rotatable bonds is 9. The monoisotopic (exact) mass is 486 g/mol. The predicted octanol–water partition coefficient (Wildman–Crippen LogP) is 6.27. The summed E-state index contributed by atoms with van der Waals surface area (Å²) in [6, 6.07) is 16.5. The third-order valence-electron chi connectivity index (χ3n) is 5.04. The van der Waals surface area contributed by atoms with Crippen LogP contribution in [0.25, 0.3) is 12.2 Å². The Labute approximate surface area is 208 Å². The van der Waals surface area contributed by atoms with Gasteiger partial charge in [0.15, 0.2) is 28.7 Å². The summed E-state index contributed by atoms with van der Waals surface area (Å²) in [5, 5.41) is 38.3. The lowest BCUT2D eigenvalue weighted by Crippen LogP contribution is -1.99. The van der Waals surface area contributed by atoms with Gasteiger partial charge in [-0.2, -0.15) is 5.11 Å². The minimum Gasteiger partial charge on any atom is -0.505 e. The SMILES string of the molecule is COc1cc(/C=C/C(=O)C(N=Nc2ccc(C)cc2)=C(O)/C=C/c2ccc(O)c(OC)c2)ccc1O. The molecule has 0 aromatic heterocycles. The first-order valence-electron chi connectivity index (χ1n) is 10.9. The van der Waals surface area contributed by atoms with Gasteiger partial charge in [-0.05, 0) is 66.6 Å². The van der Waals surface area contributed by atoms with Gasteiger partial charge in [0.2, 0.25) is 5.78 Å². The van der Waals surface area contributed by atoms with E-state index in [1.54, 1.807) is 42.5 Å². The topological polar surface area (TPSA) is 121 Å². The van der Waals surface area contributed by atoms with Crippen molar-refractivity contribution in [2.75, 3.05) is 14.2 Å². The second kappa shape index (κ2) is 12.0. The molecule has 0 saturated carbocycles. The fourth-order valence-corrected chi connectivity index (χ4v) is 3.05. The van der Waals surface area contributed by atoms with Crippen molar-refractivity contribution in [3.63, 3.8) is 0 Å². The van der Waals surface area contributed by atoms with Crippen molar-refractivity contribution in [2.24, 2.45) is 10.2 Å². The highest BCUT2D eigenvalue weighted by Gasteiger charge is 2.12. The largest absolute Gasteiger partial charge is 0.505 e. The number of allylic oxidation sites excluding steroid dienone is 2. The van der Waals surface area contributed by atoms with E-state index in [4.69, 9.17) is 9.47 Å². The Bertz CT molecular complexity index is 1350. The first-order chi connectivity index (χ1) is 17.3. The number of aliphatic hydroxyl groups excluding tert-OH is 1. The number of ketones is 1. The Kier molecular flexibility index (Phi) is 8.61. The van der Waals surface area contributed by atoms with Crippen LogP contribution in [0.15, 0.2) is 94.5 Å². The number of ether oxygens (including phenoxy) is 2. The number of benzene rings is 3. The molecule has 3 rings (SSSR count). The van der Waals surface area contributed by atoms with Gasteiger partial charge in [0.1, 0.15) is 5.76 Å². The van der Waals surface area contributed by atoms with Crippen LogP contribution in [0.5, 0.6) is 23.0 Å². The maximum Gasteiger partial charge on any atom is 0.209 e. The Morgan fingerprint density at radius 1 is 0.806 bits per heavy atom. The summed E-state index contributed by atoms with van der Waals surface area (Å²) in [5.41, 5.74) is 2.49. The number of hydrogen-bond acceptors (Lipinski definition) is 8. The van der Waals surface area contributed by atoms with Gasteiger partial charge in [0.25, 0.3) is 0 Å². The van der Waals surface area contributed by atoms with Crippen LogP contribution in [0.2, 0.25) is 0 Å². The Morgan fingerprint density at radius 3 is 1.86 bits per heavy atom. The minimum atomic E-state index is -0.594. The highest BCUT2D eigenvalue weighted by molar-refractivity contribution is 6.06. The number of aliphatic hydroxyl groups is 1. The van der Waals surface area contributed by atoms with Crippen molar-refractivity contribution < 1.29 is 29.6 Å². The lowest BCUT2D eigenvalue weighted by Gasteiger charge is -2.04. The fourth-order valence-electron chi connectivity index (χ4n) is 3.05. The molecule has 3 aromatic rings. The number of methoxy groups -OCH3 is 2. The zero-order valence-corrected chi connectivity index (χ0v) is 20.0. The van der Waals surface area contributed by atoms with E-state index >= 15 is 0 Å². The van der Waals surface area contributed by atoms with E-state index in [1.807, 2.05) is 19.1 Å². The van der Waals surface area contributed by atoms with Gasteiger partial charge in [-0.15, -0.1) is 5.11 Å². The molecule has 0 atom stereocenters. The summed E-state index contributed by atoms with van der Waals surface area (Å²) >= 11 is 0. The van der Waals surface area contributed by atoms with Crippen molar-refractivity contribution in [2.45, 2.75) is 6.92 Å². The molecule has 184 valence electrons. The molecule has 0 aliphatic heterocycles. The maximum atomic E-state index is 13.0. The van der Waals surface area contributed by atoms with Crippen LogP contribution in [0.4, 0.5) is 5.69 Å². The molecule has 8 heteroatoms. The van der Waals surface area contributed by atoms with Gasteiger partial charge in [-0.1, -0.05) is 42.0 Å². The zero-order chi connectivity index (χ0) is 26.1. The number of phenols is 2. The number of azo groups is 1. The second-order valence-electron chi connectivity index (χ2n) is 7.66. The molecule has 3 aromatic carbocycles. The highest BCUT2D eigenvalue weighted by Crippen LogP contribution is 2.28. The van der Waals surface area contributed by atoms with E-state index in [9.17, 15) is 20.1 Å². The molecule has 3 N–H and O–H groups in total. The minimum absolute atomic E-state index is 0.0202. The van der Waals surface area contributed by atoms with Gasteiger partial charge in [-0.25, -0.2) is 0 Å². The number of nitrogens with zero attached hydrogens (tertiary/aromatic N) is 2. The lowest BCUT2D eigenvalue weighted by molar-refractivity contribution is -0.111. The van der Waals surface area contributed by atoms with Gasteiger partial charge in [0, 0.05) is 0 Å². The number of aryl methyl sites for hydroxylation is 1. The third kappa shape index (κ3) is 6.83. The molecule has 0 spiro atoms. The highest BCUT2D eigenvalue weighted by atomic mass is 16.5. The number of aromatic hydroxyl groups is 2. The van der Waals surface area contributed by atoms with Crippen molar-refractivity contribution in [3.05, 3.63) is 101 Å². The molecule has 36 heavy (non-hydrogen) atoms. The number of hydrogen-bond donors (Lipinski definition) is 3. The van der Waals surface area contributed by atoms with Gasteiger partial charge in [-0.3, -0.25) is 4.79 Å². The van der Waals surface area contributed by atoms with Gasteiger partial charge < -0.3 is 24.8 Å². The molecule has 0 fully saturated rings. The van der Waals surface area contributed by atoms with Gasteiger partial charge >= 0.3 is 0 Å². The normalized spacial score (nSPS) is 12.3. The van der Waals surface area contributed by atoms with Crippen LogP contribution < -0.4 is 9.47 Å². The van der Waals surface area contributed by atoms with E-state index in [-0.39, 0.29) is 28.7 Å². The van der Waals surface area contributed by atoms with Crippen LogP contribution in [-0.2, 0) is 4.79 Å². The summed E-state index contributed by atoms with van der Waals surface area (Å²) in [4.78, 5) is 13.0. The standard InChI is InChI=1S/C28H26N2O6/c1-18-4-10-21(11-5-18)29-30-28(24(33)14-8-19-6-12-22(31)26(16-19)35-2)25(34)15-9-20-7-13-23(32)27(17-20)36-3/h4-17,31-33H,1-3H3/b14-8+,15-9+,28-24?,30-29?. The molecular weight excluding hydrogens is 460 g/mol. The molecule has 8 nitrogen and oxygen atoms in total. The van der Waals surface area contributed by atoms with Crippen LogP contribution in [0, 0.1) is 6.92 Å². The fraction of sp³-hybridized carbons (Fsp3) is 0.107. The summed E-state index contributed by atoms with van der Waals surface area (Å²) in [5.74, 6) is -0.521. The molecule has 0 unspecified atom stereocenters. The van der Waals surface area contributed by atoms with E-state index in [0.717, 1.165) is 5.56 Å². The first-order valence-corrected chi connectivity index (χ1v) is 10.9. The second-order valence-corrected chi connectivity index (χ2v) is 7.66. The predicted molar refractivity (Wildman–Crippen MR) is 138 cm³/mol. The molecule has 0 amide bonds. The lowest BCUT2D eigenvalue weighted by atomic mass is 10.1. The van der Waals surface area contributed by atoms with E-state index in [0.29, 0.717) is 16.8 Å². The van der Waals surface area contributed by atoms with Crippen LogP contribution >= 0.6 is 0 Å². The molecule has 0 aliphatic rings. The average Bonchev–Trinajstić information content (AvgIpc) is 2.88. The number of carbonyl (C=O) groups is 1. The van der Waals surface area contributed by atoms with E-state index < -0.39 is 11.5 Å². The van der Waals surface area contributed by atoms with E-state index in [1.165, 1.54) is 44.6 Å². The Morgan fingerprint density at radius 2 is 1.33 bits per heavy atom. The van der Waals surface area contributed by atoms with E-state index in [2.05, 4.69) is 10.2 Å². The molecular formula is C28H26N2O6. The zero-order valence-electron chi connectivity index (χ0n) is 20.0. The Hall–Kier alpha value is -4.85. The van der Waals surface area contributed by atoms with Crippen molar-refractivity contribution in [3.8, 4) is 23.0 Å². The summed E-state index contributed by atoms with van der Waals surface area (Å²) in [7, 11) is 2.85. The smallest absolute Gasteiger partial charge is 0.209 e. The van der Waals surface area contributed by atoms with Crippen molar-refractivity contribution in [1.29, 1.82) is 0 Å². The van der Waals surface area contributed by atoms with Crippen LogP contribution in [0.3, 0.4) is 0 Å². The molecule has 0 heterocycles. The first kappa shape index (κ1) is 25.8. The van der Waals surface area contributed by atoms with Crippen LogP contribution in [-0.4, -0.2) is 35.3 Å².